The fourth-order valence-corrected chi connectivity index (χ4v) is 1.85. The van der Waals surface area contributed by atoms with E-state index in [0.29, 0.717) is 10.6 Å². The maximum atomic E-state index is 11.3. The number of hydrogen-bond donors (Lipinski definition) is 0. The summed E-state index contributed by atoms with van der Waals surface area (Å²) in [5, 5.41) is 9.29. The van der Waals surface area contributed by atoms with Crippen LogP contribution in [0.15, 0.2) is 12.1 Å². The molecule has 0 aliphatic carbocycles. The maximum Gasteiger partial charge on any atom is 0.341 e. The summed E-state index contributed by atoms with van der Waals surface area (Å²) in [6.45, 7) is 0. The van der Waals surface area contributed by atoms with Crippen molar-refractivity contribution in [3.05, 3.63) is 33.3 Å². The Bertz CT molecular complexity index is 465. The lowest BCUT2D eigenvalue weighted by molar-refractivity contribution is 0.0478. The average Bonchev–Trinajstić information content (AvgIpc) is 2.50. The van der Waals surface area contributed by atoms with E-state index in [1.165, 1.54) is 12.1 Å². The van der Waals surface area contributed by atoms with Crippen LogP contribution in [0.25, 0.3) is 0 Å². The summed E-state index contributed by atoms with van der Waals surface area (Å²) in [5.41, 5.74) is 0.567. The number of carbonyl (C=O) groups excluding carboxylic acids is 1. The zero-order valence-electron chi connectivity index (χ0n) is 6.75. The van der Waals surface area contributed by atoms with Gasteiger partial charge in [0, 0.05) is 10.6 Å². The van der Waals surface area contributed by atoms with E-state index in [1.807, 2.05) is 6.07 Å². The molecule has 1 atom stereocenters. The predicted octanol–water partition coefficient (Wildman–Crippen LogP) is 2.73. The summed E-state index contributed by atoms with van der Waals surface area (Å²) in [6.07, 6.45) is -0.941. The topological polar surface area (TPSA) is 50.1 Å². The molecular weight excluding hydrogens is 225 g/mol. The summed E-state index contributed by atoms with van der Waals surface area (Å²) < 4.78 is 4.77. The van der Waals surface area contributed by atoms with Gasteiger partial charge >= 0.3 is 5.97 Å². The van der Waals surface area contributed by atoms with Gasteiger partial charge < -0.3 is 4.74 Å². The molecule has 1 aromatic carbocycles. The molecule has 2 rings (SSSR count). The standard InChI is InChI=1S/C9H3Cl2NO2/c10-4-1-2-5(11)8-7(4)6(3-12)14-9(8)13/h1-2,6H. The first kappa shape index (κ1) is 9.32. The van der Waals surface area contributed by atoms with Crippen molar-refractivity contribution in [2.24, 2.45) is 0 Å². The molecule has 0 spiro atoms. The van der Waals surface area contributed by atoms with E-state index >= 15 is 0 Å². The molecule has 0 N–H and O–H groups in total. The Morgan fingerprint density at radius 1 is 1.36 bits per heavy atom. The third-order valence-electron chi connectivity index (χ3n) is 1.95. The van der Waals surface area contributed by atoms with Crippen LogP contribution < -0.4 is 0 Å². The minimum absolute atomic E-state index is 0.200. The van der Waals surface area contributed by atoms with Gasteiger partial charge in [0.05, 0.1) is 10.6 Å². The average molecular weight is 228 g/mol. The van der Waals surface area contributed by atoms with Crippen LogP contribution in [-0.2, 0) is 4.74 Å². The van der Waals surface area contributed by atoms with Gasteiger partial charge in [-0.05, 0) is 12.1 Å². The predicted molar refractivity (Wildman–Crippen MR) is 50.2 cm³/mol. The number of hydrogen-bond acceptors (Lipinski definition) is 3. The highest BCUT2D eigenvalue weighted by Crippen LogP contribution is 2.39. The summed E-state index contributed by atoms with van der Waals surface area (Å²) >= 11 is 11.6. The Kier molecular flexibility index (Phi) is 2.10. The van der Waals surface area contributed by atoms with Gasteiger partial charge in [-0.15, -0.1) is 0 Å². The zero-order valence-corrected chi connectivity index (χ0v) is 8.26. The molecule has 0 saturated heterocycles. The summed E-state index contributed by atoms with van der Waals surface area (Å²) in [5.74, 6) is -0.598. The quantitative estimate of drug-likeness (QED) is 0.641. The SMILES string of the molecule is N#CC1OC(=O)c2c(Cl)ccc(Cl)c21. The number of fused-ring (bicyclic) bond motifs is 1. The zero-order chi connectivity index (χ0) is 10.3. The first-order valence-electron chi connectivity index (χ1n) is 3.73. The molecule has 1 aliphatic rings. The van der Waals surface area contributed by atoms with E-state index in [0.717, 1.165) is 0 Å². The molecule has 1 aliphatic heterocycles. The molecule has 3 nitrogen and oxygen atoms in total. The number of rotatable bonds is 0. The highest BCUT2D eigenvalue weighted by molar-refractivity contribution is 6.36. The van der Waals surface area contributed by atoms with E-state index in [-0.39, 0.29) is 10.6 Å². The fraction of sp³-hybridized carbons (Fsp3) is 0.111. The monoisotopic (exact) mass is 227 g/mol. The van der Waals surface area contributed by atoms with Crippen molar-refractivity contribution in [1.29, 1.82) is 5.26 Å². The Balaban J connectivity index is 2.74. The Morgan fingerprint density at radius 2 is 2.00 bits per heavy atom. The summed E-state index contributed by atoms with van der Waals surface area (Å²) in [7, 11) is 0. The van der Waals surface area contributed by atoms with Gasteiger partial charge in [0.1, 0.15) is 6.07 Å². The number of halogens is 2. The molecule has 0 fully saturated rings. The van der Waals surface area contributed by atoms with Crippen LogP contribution >= 0.6 is 23.2 Å². The molecule has 0 saturated carbocycles. The van der Waals surface area contributed by atoms with Crippen molar-refractivity contribution >= 4 is 29.2 Å². The number of carbonyl (C=O) groups is 1. The number of benzene rings is 1. The molecular formula is C9H3Cl2NO2. The van der Waals surface area contributed by atoms with Crippen LogP contribution in [0.1, 0.15) is 22.0 Å². The highest BCUT2D eigenvalue weighted by Gasteiger charge is 2.35. The summed E-state index contributed by atoms with van der Waals surface area (Å²) in [4.78, 5) is 11.3. The molecule has 0 bridgehead atoms. The Labute approximate surface area is 89.8 Å². The van der Waals surface area contributed by atoms with E-state index in [2.05, 4.69) is 0 Å². The largest absolute Gasteiger partial charge is 0.438 e. The number of ether oxygens (including phenoxy) is 1. The van der Waals surface area contributed by atoms with Gasteiger partial charge in [0.25, 0.3) is 0 Å². The van der Waals surface area contributed by atoms with E-state index in [1.54, 1.807) is 0 Å². The van der Waals surface area contributed by atoms with Crippen LogP contribution in [0.3, 0.4) is 0 Å². The van der Waals surface area contributed by atoms with Crippen molar-refractivity contribution in [2.45, 2.75) is 6.10 Å². The first-order chi connectivity index (χ1) is 6.65. The van der Waals surface area contributed by atoms with E-state index < -0.39 is 12.1 Å². The van der Waals surface area contributed by atoms with Gasteiger partial charge in [0.2, 0.25) is 6.10 Å². The highest BCUT2D eigenvalue weighted by atomic mass is 35.5. The van der Waals surface area contributed by atoms with Crippen LogP contribution in [-0.4, -0.2) is 5.97 Å². The number of nitriles is 1. The van der Waals surface area contributed by atoms with Crippen LogP contribution in [0.4, 0.5) is 0 Å². The van der Waals surface area contributed by atoms with E-state index in [4.69, 9.17) is 33.2 Å². The lowest BCUT2D eigenvalue weighted by Crippen LogP contribution is -1.95. The second-order valence-electron chi connectivity index (χ2n) is 2.73. The Hall–Kier alpha value is -1.24. The molecule has 1 aromatic rings. The minimum atomic E-state index is -0.941. The van der Waals surface area contributed by atoms with Crippen LogP contribution in [0, 0.1) is 11.3 Å². The van der Waals surface area contributed by atoms with Crippen LogP contribution in [0.5, 0.6) is 0 Å². The second-order valence-corrected chi connectivity index (χ2v) is 3.55. The number of esters is 1. The van der Waals surface area contributed by atoms with E-state index in [9.17, 15) is 4.79 Å². The molecule has 1 unspecified atom stereocenters. The molecule has 14 heavy (non-hydrogen) atoms. The van der Waals surface area contributed by atoms with Gasteiger partial charge in [-0.2, -0.15) is 5.26 Å². The van der Waals surface area contributed by atoms with Crippen molar-refractivity contribution in [3.8, 4) is 6.07 Å². The Morgan fingerprint density at radius 3 is 2.64 bits per heavy atom. The van der Waals surface area contributed by atoms with Gasteiger partial charge in [-0.1, -0.05) is 23.2 Å². The molecule has 0 aromatic heterocycles. The molecule has 70 valence electrons. The van der Waals surface area contributed by atoms with Crippen molar-refractivity contribution in [2.75, 3.05) is 0 Å². The van der Waals surface area contributed by atoms with Crippen molar-refractivity contribution in [1.82, 2.24) is 0 Å². The number of cyclic esters (lactones) is 1. The van der Waals surface area contributed by atoms with Crippen LogP contribution in [0.2, 0.25) is 10.0 Å². The fourth-order valence-electron chi connectivity index (χ4n) is 1.35. The normalized spacial score (nSPS) is 18.6. The van der Waals surface area contributed by atoms with Gasteiger partial charge in [-0.25, -0.2) is 4.79 Å². The smallest absolute Gasteiger partial charge is 0.341 e. The third-order valence-corrected chi connectivity index (χ3v) is 2.59. The number of nitrogens with zero attached hydrogens (tertiary/aromatic N) is 1. The minimum Gasteiger partial charge on any atom is -0.438 e. The first-order valence-corrected chi connectivity index (χ1v) is 4.49. The maximum absolute atomic E-state index is 11.3. The molecule has 5 heteroatoms. The summed E-state index contributed by atoms with van der Waals surface area (Å²) in [6, 6.07) is 4.87. The third kappa shape index (κ3) is 1.16. The molecule has 0 amide bonds. The molecule has 0 radical (unpaired) electrons. The molecule has 1 heterocycles. The lowest BCUT2D eigenvalue weighted by atomic mass is 10.1. The lowest BCUT2D eigenvalue weighted by Gasteiger charge is -2.02. The van der Waals surface area contributed by atoms with Gasteiger partial charge in [-0.3, -0.25) is 0 Å². The second kappa shape index (κ2) is 3.16. The van der Waals surface area contributed by atoms with Crippen molar-refractivity contribution in [3.63, 3.8) is 0 Å². The van der Waals surface area contributed by atoms with Gasteiger partial charge in [0.15, 0.2) is 0 Å². The van der Waals surface area contributed by atoms with Crippen molar-refractivity contribution < 1.29 is 9.53 Å².